The molecule has 3 aromatic rings. The van der Waals surface area contributed by atoms with Crippen LogP contribution in [-0.4, -0.2) is 28.6 Å². The van der Waals surface area contributed by atoms with Crippen molar-refractivity contribution in [3.63, 3.8) is 0 Å². The molecule has 0 unspecified atom stereocenters. The van der Waals surface area contributed by atoms with E-state index in [-0.39, 0.29) is 16.9 Å². The van der Waals surface area contributed by atoms with Gasteiger partial charge in [-0.15, -0.1) is 0 Å². The molecule has 0 aliphatic rings. The molecule has 0 saturated heterocycles. The fourth-order valence-corrected chi connectivity index (χ4v) is 2.32. The third kappa shape index (κ3) is 5.04. The van der Waals surface area contributed by atoms with E-state index in [1.165, 1.54) is 24.5 Å². The third-order valence-electron chi connectivity index (χ3n) is 3.60. The van der Waals surface area contributed by atoms with Crippen LogP contribution in [0.5, 0.6) is 0 Å². The van der Waals surface area contributed by atoms with Gasteiger partial charge in [0, 0.05) is 18.0 Å². The molecule has 0 saturated carbocycles. The predicted octanol–water partition coefficient (Wildman–Crippen LogP) is 4.37. The molecule has 1 heterocycles. The van der Waals surface area contributed by atoms with Gasteiger partial charge in [-0.05, 0) is 12.1 Å². The molecular weight excluding hydrogens is 357 g/mol. The van der Waals surface area contributed by atoms with Crippen molar-refractivity contribution in [1.29, 1.82) is 0 Å². The van der Waals surface area contributed by atoms with E-state index in [0.717, 1.165) is 5.56 Å². The third-order valence-corrected chi connectivity index (χ3v) is 3.60. The standard InChI is InChI=1S/C19H15F3N4O/c20-19(21,22)12-25-15-8-4-5-9-16(15)26-18(27)14-10-23-17(24-11-14)13-6-2-1-3-7-13/h1-11,25H,12H2,(H,26,27). The lowest BCUT2D eigenvalue weighted by Crippen LogP contribution is -2.22. The summed E-state index contributed by atoms with van der Waals surface area (Å²) >= 11 is 0. The number of amides is 1. The summed E-state index contributed by atoms with van der Waals surface area (Å²) in [5, 5.41) is 4.84. The van der Waals surface area contributed by atoms with Gasteiger partial charge in [0.25, 0.3) is 5.91 Å². The largest absolute Gasteiger partial charge is 0.405 e. The first-order valence-electron chi connectivity index (χ1n) is 8.01. The molecule has 1 aromatic heterocycles. The van der Waals surface area contributed by atoms with Gasteiger partial charge in [-0.2, -0.15) is 13.2 Å². The van der Waals surface area contributed by atoms with Crippen LogP contribution in [0.3, 0.4) is 0 Å². The van der Waals surface area contributed by atoms with Crippen LogP contribution in [0.15, 0.2) is 67.0 Å². The van der Waals surface area contributed by atoms with Gasteiger partial charge in [-0.25, -0.2) is 9.97 Å². The number of nitrogens with one attached hydrogen (secondary N) is 2. The molecule has 0 fully saturated rings. The molecule has 0 radical (unpaired) electrons. The number of nitrogens with zero attached hydrogens (tertiary/aromatic N) is 2. The molecule has 0 spiro atoms. The van der Waals surface area contributed by atoms with E-state index in [9.17, 15) is 18.0 Å². The zero-order valence-electron chi connectivity index (χ0n) is 14.0. The second kappa shape index (κ2) is 7.86. The van der Waals surface area contributed by atoms with Gasteiger partial charge in [-0.1, -0.05) is 42.5 Å². The summed E-state index contributed by atoms with van der Waals surface area (Å²) < 4.78 is 37.2. The molecule has 138 valence electrons. The minimum absolute atomic E-state index is 0.171. The summed E-state index contributed by atoms with van der Waals surface area (Å²) in [6.45, 7) is -1.20. The van der Waals surface area contributed by atoms with Crippen LogP contribution in [-0.2, 0) is 0 Å². The lowest BCUT2D eigenvalue weighted by atomic mass is 10.2. The number of alkyl halides is 3. The average molecular weight is 372 g/mol. The van der Waals surface area contributed by atoms with Gasteiger partial charge in [0.05, 0.1) is 16.9 Å². The van der Waals surface area contributed by atoms with E-state index in [4.69, 9.17) is 0 Å². The fraction of sp³-hybridized carbons (Fsp3) is 0.105. The minimum atomic E-state index is -4.36. The van der Waals surface area contributed by atoms with Crippen molar-refractivity contribution in [2.45, 2.75) is 6.18 Å². The first-order chi connectivity index (χ1) is 12.9. The fourth-order valence-electron chi connectivity index (χ4n) is 2.32. The normalized spacial score (nSPS) is 11.1. The first kappa shape index (κ1) is 18.4. The van der Waals surface area contributed by atoms with E-state index in [0.29, 0.717) is 5.82 Å². The Morgan fingerprint density at radius 3 is 2.11 bits per heavy atom. The Hall–Kier alpha value is -3.42. The van der Waals surface area contributed by atoms with E-state index >= 15 is 0 Å². The first-order valence-corrected chi connectivity index (χ1v) is 8.01. The second-order valence-corrected chi connectivity index (χ2v) is 5.63. The topological polar surface area (TPSA) is 66.9 Å². The maximum atomic E-state index is 12.4. The van der Waals surface area contributed by atoms with Crippen molar-refractivity contribution in [2.75, 3.05) is 17.2 Å². The van der Waals surface area contributed by atoms with Gasteiger partial charge in [0.1, 0.15) is 6.54 Å². The molecule has 8 heteroatoms. The highest BCUT2D eigenvalue weighted by atomic mass is 19.4. The number of rotatable bonds is 5. The second-order valence-electron chi connectivity index (χ2n) is 5.63. The Bertz CT molecular complexity index is 912. The van der Waals surface area contributed by atoms with Crippen LogP contribution in [0.2, 0.25) is 0 Å². The molecule has 27 heavy (non-hydrogen) atoms. The molecular formula is C19H15F3N4O. The number of carbonyl (C=O) groups is 1. The Balaban J connectivity index is 1.72. The number of para-hydroxylation sites is 2. The number of anilines is 2. The lowest BCUT2D eigenvalue weighted by molar-refractivity contribution is -0.115. The number of hydrogen-bond acceptors (Lipinski definition) is 4. The lowest BCUT2D eigenvalue weighted by Gasteiger charge is -2.14. The summed E-state index contributed by atoms with van der Waals surface area (Å²) in [7, 11) is 0. The molecule has 0 aliphatic heterocycles. The van der Waals surface area contributed by atoms with Crippen LogP contribution in [0.4, 0.5) is 24.5 Å². The molecule has 0 atom stereocenters. The smallest absolute Gasteiger partial charge is 0.375 e. The van der Waals surface area contributed by atoms with Crippen LogP contribution in [0.25, 0.3) is 11.4 Å². The zero-order valence-corrected chi connectivity index (χ0v) is 14.0. The highest BCUT2D eigenvalue weighted by molar-refractivity contribution is 6.05. The summed E-state index contributed by atoms with van der Waals surface area (Å²) in [5.74, 6) is -0.0461. The minimum Gasteiger partial charge on any atom is -0.375 e. The molecule has 3 rings (SSSR count). The quantitative estimate of drug-likeness (QED) is 0.698. The van der Waals surface area contributed by atoms with Crippen molar-refractivity contribution in [3.8, 4) is 11.4 Å². The van der Waals surface area contributed by atoms with Gasteiger partial charge < -0.3 is 10.6 Å². The van der Waals surface area contributed by atoms with Crippen molar-refractivity contribution >= 4 is 17.3 Å². The predicted molar refractivity (Wildman–Crippen MR) is 96.4 cm³/mol. The Morgan fingerprint density at radius 2 is 1.48 bits per heavy atom. The summed E-state index contributed by atoms with van der Waals surface area (Å²) in [5.41, 5.74) is 1.41. The number of benzene rings is 2. The molecule has 2 N–H and O–H groups in total. The summed E-state index contributed by atoms with van der Waals surface area (Å²) in [6, 6.07) is 15.4. The number of carbonyl (C=O) groups excluding carboxylic acids is 1. The molecule has 0 bridgehead atoms. The maximum Gasteiger partial charge on any atom is 0.405 e. The van der Waals surface area contributed by atoms with E-state index < -0.39 is 18.6 Å². The van der Waals surface area contributed by atoms with Crippen LogP contribution < -0.4 is 10.6 Å². The average Bonchev–Trinajstić information content (AvgIpc) is 2.67. The Morgan fingerprint density at radius 1 is 0.889 bits per heavy atom. The van der Waals surface area contributed by atoms with Crippen molar-refractivity contribution in [1.82, 2.24) is 9.97 Å². The number of aromatic nitrogens is 2. The SMILES string of the molecule is O=C(Nc1ccccc1NCC(F)(F)F)c1cnc(-c2ccccc2)nc1. The molecule has 2 aromatic carbocycles. The van der Waals surface area contributed by atoms with Crippen molar-refractivity contribution in [2.24, 2.45) is 0 Å². The zero-order chi connectivity index (χ0) is 19.3. The molecule has 5 nitrogen and oxygen atoms in total. The van der Waals surface area contributed by atoms with E-state index in [1.54, 1.807) is 12.1 Å². The van der Waals surface area contributed by atoms with E-state index in [1.807, 2.05) is 30.3 Å². The van der Waals surface area contributed by atoms with Crippen LogP contribution >= 0.6 is 0 Å². The van der Waals surface area contributed by atoms with E-state index in [2.05, 4.69) is 20.6 Å². The van der Waals surface area contributed by atoms with Gasteiger partial charge in [-0.3, -0.25) is 4.79 Å². The molecule has 0 aliphatic carbocycles. The summed E-state index contributed by atoms with van der Waals surface area (Å²) in [6.07, 6.45) is -1.62. The monoisotopic (exact) mass is 372 g/mol. The van der Waals surface area contributed by atoms with Gasteiger partial charge in [0.2, 0.25) is 0 Å². The van der Waals surface area contributed by atoms with Crippen molar-refractivity contribution in [3.05, 3.63) is 72.6 Å². The van der Waals surface area contributed by atoms with Crippen LogP contribution in [0.1, 0.15) is 10.4 Å². The maximum absolute atomic E-state index is 12.4. The number of halogens is 3. The number of hydrogen-bond donors (Lipinski definition) is 2. The van der Waals surface area contributed by atoms with Crippen molar-refractivity contribution < 1.29 is 18.0 Å². The van der Waals surface area contributed by atoms with Gasteiger partial charge in [0.15, 0.2) is 5.82 Å². The molecule has 1 amide bonds. The summed E-state index contributed by atoms with van der Waals surface area (Å²) in [4.78, 5) is 20.7. The Labute approximate surface area is 153 Å². The Kier molecular flexibility index (Phi) is 5.35. The van der Waals surface area contributed by atoms with Crippen LogP contribution in [0, 0.1) is 0 Å². The van der Waals surface area contributed by atoms with Gasteiger partial charge >= 0.3 is 6.18 Å². The highest BCUT2D eigenvalue weighted by Gasteiger charge is 2.27. The highest BCUT2D eigenvalue weighted by Crippen LogP contribution is 2.24.